The minimum Gasteiger partial charge on any atom is -0.208 e. The number of rotatable bonds is 7. The van der Waals surface area contributed by atoms with Gasteiger partial charge in [-0.2, -0.15) is 0 Å². The molecule has 0 saturated carbocycles. The Morgan fingerprint density at radius 1 is 0.422 bits per heavy atom. The molecule has 0 bridgehead atoms. The van der Waals surface area contributed by atoms with Gasteiger partial charge in [0.25, 0.3) is 0 Å². The van der Waals surface area contributed by atoms with Crippen molar-refractivity contribution in [3.63, 3.8) is 0 Å². The molecule has 1 aromatic heterocycles. The molecular formula is C42H35N3. The van der Waals surface area contributed by atoms with Crippen molar-refractivity contribution in [2.24, 2.45) is 0 Å². The Morgan fingerprint density at radius 3 is 1.31 bits per heavy atom. The molecule has 0 spiro atoms. The first-order chi connectivity index (χ1) is 22.0. The summed E-state index contributed by atoms with van der Waals surface area (Å²) >= 11 is 0. The van der Waals surface area contributed by atoms with Crippen LogP contribution in [0.1, 0.15) is 43.4 Å². The van der Waals surface area contributed by atoms with Gasteiger partial charge in [-0.25, -0.2) is 15.0 Å². The number of aromatic nitrogens is 3. The molecule has 7 rings (SSSR count). The normalized spacial score (nSPS) is 13.0. The van der Waals surface area contributed by atoms with Crippen LogP contribution in [0.5, 0.6) is 0 Å². The van der Waals surface area contributed by atoms with Gasteiger partial charge in [0.1, 0.15) is 0 Å². The summed E-state index contributed by atoms with van der Waals surface area (Å²) in [5.41, 5.74) is 10.2. The van der Waals surface area contributed by atoms with Crippen LogP contribution in [-0.2, 0) is 5.41 Å². The molecule has 0 fully saturated rings. The molecule has 1 aliphatic carbocycles. The highest BCUT2D eigenvalue weighted by atomic mass is 15.0. The second-order valence-corrected chi connectivity index (χ2v) is 12.0. The summed E-state index contributed by atoms with van der Waals surface area (Å²) in [6, 6.07) is 46.6. The summed E-state index contributed by atoms with van der Waals surface area (Å²) in [6.45, 7) is 4.56. The predicted molar refractivity (Wildman–Crippen MR) is 186 cm³/mol. The van der Waals surface area contributed by atoms with Crippen molar-refractivity contribution in [1.82, 2.24) is 15.0 Å². The Hall–Kier alpha value is -5.41. The molecule has 0 saturated heterocycles. The second-order valence-electron chi connectivity index (χ2n) is 12.0. The van der Waals surface area contributed by atoms with Gasteiger partial charge in [-0.05, 0) is 46.2 Å². The van der Waals surface area contributed by atoms with Crippen LogP contribution < -0.4 is 0 Å². The lowest BCUT2D eigenvalue weighted by molar-refractivity contribution is 0.641. The summed E-state index contributed by atoms with van der Waals surface area (Å²) in [5.74, 6) is 1.98. The van der Waals surface area contributed by atoms with E-state index in [1.165, 1.54) is 27.8 Å². The maximum absolute atomic E-state index is 4.97. The van der Waals surface area contributed by atoms with Gasteiger partial charge < -0.3 is 0 Å². The predicted octanol–water partition coefficient (Wildman–Crippen LogP) is 10.6. The fraction of sp³-hybridized carbons (Fsp3) is 0.119. The maximum Gasteiger partial charge on any atom is 0.164 e. The zero-order valence-corrected chi connectivity index (χ0v) is 25.7. The number of allylic oxidation sites excluding steroid dienone is 4. The van der Waals surface area contributed by atoms with Crippen molar-refractivity contribution >= 4 is 5.57 Å². The number of hydrogen-bond acceptors (Lipinski definition) is 3. The van der Waals surface area contributed by atoms with Crippen LogP contribution in [0.4, 0.5) is 0 Å². The Kier molecular flexibility index (Phi) is 7.75. The molecule has 218 valence electrons. The summed E-state index contributed by atoms with van der Waals surface area (Å²) in [5, 5.41) is 0. The van der Waals surface area contributed by atoms with Crippen molar-refractivity contribution in [3.05, 3.63) is 168 Å². The van der Waals surface area contributed by atoms with Crippen molar-refractivity contribution in [2.75, 3.05) is 0 Å². The van der Waals surface area contributed by atoms with Crippen LogP contribution in [-0.4, -0.2) is 15.0 Å². The summed E-state index contributed by atoms with van der Waals surface area (Å²) < 4.78 is 0. The zero-order valence-electron chi connectivity index (χ0n) is 25.7. The topological polar surface area (TPSA) is 38.7 Å². The van der Waals surface area contributed by atoms with Crippen molar-refractivity contribution in [1.29, 1.82) is 0 Å². The molecule has 3 heteroatoms. The Morgan fingerprint density at radius 2 is 0.822 bits per heavy atom. The summed E-state index contributed by atoms with van der Waals surface area (Å²) in [7, 11) is 0. The van der Waals surface area contributed by atoms with E-state index in [-0.39, 0.29) is 5.41 Å². The Labute approximate surface area is 265 Å². The second kappa shape index (κ2) is 12.3. The minimum atomic E-state index is -0.159. The van der Waals surface area contributed by atoms with E-state index in [1.807, 2.05) is 36.4 Å². The lowest BCUT2D eigenvalue weighted by Crippen LogP contribution is -2.18. The average molecular weight is 582 g/mol. The summed E-state index contributed by atoms with van der Waals surface area (Å²) in [6.07, 6.45) is 9.06. The van der Waals surface area contributed by atoms with E-state index < -0.39 is 0 Å². The first-order valence-electron chi connectivity index (χ1n) is 15.6. The molecule has 0 unspecified atom stereocenters. The van der Waals surface area contributed by atoms with Crippen LogP contribution in [0.2, 0.25) is 0 Å². The van der Waals surface area contributed by atoms with Crippen molar-refractivity contribution in [3.8, 4) is 45.3 Å². The molecule has 0 radical (unpaired) electrons. The molecule has 3 nitrogen and oxygen atoms in total. The van der Waals surface area contributed by atoms with E-state index in [2.05, 4.69) is 129 Å². The number of nitrogens with zero attached hydrogens (tertiary/aromatic N) is 3. The molecule has 45 heavy (non-hydrogen) atoms. The van der Waals surface area contributed by atoms with Gasteiger partial charge >= 0.3 is 0 Å². The average Bonchev–Trinajstić information content (AvgIpc) is 3.13. The first kappa shape index (κ1) is 28.4. The van der Waals surface area contributed by atoms with Gasteiger partial charge in [0, 0.05) is 22.1 Å². The molecule has 0 aliphatic heterocycles. The number of benzene rings is 5. The molecule has 1 aliphatic rings. The van der Waals surface area contributed by atoms with Crippen molar-refractivity contribution in [2.45, 2.75) is 32.1 Å². The lowest BCUT2D eigenvalue weighted by atomic mass is 9.77. The lowest BCUT2D eigenvalue weighted by Gasteiger charge is -2.26. The van der Waals surface area contributed by atoms with Crippen LogP contribution >= 0.6 is 0 Å². The summed E-state index contributed by atoms with van der Waals surface area (Å²) in [4.78, 5) is 14.8. The highest BCUT2D eigenvalue weighted by Gasteiger charge is 2.23. The first-order valence-corrected chi connectivity index (χ1v) is 15.6. The van der Waals surface area contributed by atoms with E-state index in [4.69, 9.17) is 15.0 Å². The highest BCUT2D eigenvalue weighted by molar-refractivity contribution is 5.75. The van der Waals surface area contributed by atoms with Gasteiger partial charge in [-0.1, -0.05) is 166 Å². The third kappa shape index (κ3) is 6.03. The van der Waals surface area contributed by atoms with E-state index >= 15 is 0 Å². The van der Waals surface area contributed by atoms with E-state index in [9.17, 15) is 0 Å². The SMILES string of the molecule is CC(C)(c1ccc(C2=CCCC=C2)cc1)c1ccc(-c2nc(-c3ccccc3)nc(-c3ccc(-c4ccccc4)cc3)n2)cc1. The van der Waals surface area contributed by atoms with Gasteiger partial charge in [-0.3, -0.25) is 0 Å². The molecular weight excluding hydrogens is 546 g/mol. The molecule has 0 atom stereocenters. The standard InChI is InChI=1S/C42H35N3/c1-42(2,37-26-22-33(23-27-37)31-14-8-4-9-15-31)38-28-24-36(25-29-38)41-44-39(34-16-10-5-11-17-34)43-40(45-41)35-20-18-32(19-21-35)30-12-6-3-7-13-30/h3,5-8,10-29H,4,9H2,1-2H3. The molecule has 0 amide bonds. The number of hydrogen-bond donors (Lipinski definition) is 0. The quantitative estimate of drug-likeness (QED) is 0.188. The molecule has 6 aromatic rings. The monoisotopic (exact) mass is 581 g/mol. The van der Waals surface area contributed by atoms with Gasteiger partial charge in [0.05, 0.1) is 0 Å². The van der Waals surface area contributed by atoms with Crippen LogP contribution in [0.3, 0.4) is 0 Å². The largest absolute Gasteiger partial charge is 0.208 e. The van der Waals surface area contributed by atoms with Gasteiger partial charge in [-0.15, -0.1) is 0 Å². The fourth-order valence-electron chi connectivity index (χ4n) is 5.90. The van der Waals surface area contributed by atoms with Crippen molar-refractivity contribution < 1.29 is 0 Å². The Bertz CT molecular complexity index is 1970. The molecule has 5 aromatic carbocycles. The van der Waals surface area contributed by atoms with E-state index in [0.717, 1.165) is 35.1 Å². The smallest absolute Gasteiger partial charge is 0.164 e. The molecule has 1 heterocycles. The van der Waals surface area contributed by atoms with E-state index in [0.29, 0.717) is 17.5 Å². The maximum atomic E-state index is 4.97. The Balaban J connectivity index is 1.21. The fourth-order valence-corrected chi connectivity index (χ4v) is 5.90. The van der Waals surface area contributed by atoms with Gasteiger partial charge in [0.2, 0.25) is 0 Å². The highest BCUT2D eigenvalue weighted by Crippen LogP contribution is 2.34. The van der Waals surface area contributed by atoms with Crippen LogP contribution in [0.25, 0.3) is 50.9 Å². The van der Waals surface area contributed by atoms with Crippen LogP contribution in [0.15, 0.2) is 152 Å². The third-order valence-corrected chi connectivity index (χ3v) is 8.72. The van der Waals surface area contributed by atoms with Crippen LogP contribution in [0, 0.1) is 0 Å². The minimum absolute atomic E-state index is 0.159. The molecule has 0 N–H and O–H groups in total. The van der Waals surface area contributed by atoms with Gasteiger partial charge in [0.15, 0.2) is 17.5 Å². The zero-order chi connectivity index (χ0) is 30.6. The van der Waals surface area contributed by atoms with E-state index in [1.54, 1.807) is 0 Å². The third-order valence-electron chi connectivity index (χ3n) is 8.72.